The lowest BCUT2D eigenvalue weighted by molar-refractivity contribution is -0.144. The number of ketones is 1. The Morgan fingerprint density at radius 2 is 2.27 bits per heavy atom. The zero-order valence-corrected chi connectivity index (χ0v) is 6.84. The van der Waals surface area contributed by atoms with E-state index in [1.807, 2.05) is 0 Å². The van der Waals surface area contributed by atoms with Gasteiger partial charge in [0.15, 0.2) is 5.78 Å². The Labute approximate surface area is 66.6 Å². The summed E-state index contributed by atoms with van der Waals surface area (Å²) in [5, 5.41) is 9.78. The first kappa shape index (κ1) is 7.29. The van der Waals surface area contributed by atoms with Gasteiger partial charge in [0.05, 0.1) is 0 Å². The van der Waals surface area contributed by atoms with E-state index < -0.39 is 5.60 Å². The van der Waals surface area contributed by atoms with E-state index in [1.54, 1.807) is 6.92 Å². The van der Waals surface area contributed by atoms with Gasteiger partial charge >= 0.3 is 0 Å². The van der Waals surface area contributed by atoms with Gasteiger partial charge in [-0.1, -0.05) is 0 Å². The minimum Gasteiger partial charge on any atom is -0.382 e. The van der Waals surface area contributed by atoms with Crippen LogP contribution in [0.15, 0.2) is 0 Å². The molecule has 0 heterocycles. The molecule has 2 heteroatoms. The Kier molecular flexibility index (Phi) is 1.37. The van der Waals surface area contributed by atoms with Gasteiger partial charge in [0.25, 0.3) is 0 Å². The molecule has 2 aliphatic rings. The Bertz CT molecular complexity index is 196. The molecule has 2 fully saturated rings. The highest BCUT2D eigenvalue weighted by Crippen LogP contribution is 2.45. The average molecular weight is 154 g/mol. The summed E-state index contributed by atoms with van der Waals surface area (Å²) in [6, 6.07) is 0. The average Bonchev–Trinajstić information content (AvgIpc) is 2.31. The van der Waals surface area contributed by atoms with Crippen molar-refractivity contribution in [2.75, 3.05) is 0 Å². The van der Waals surface area contributed by atoms with Crippen molar-refractivity contribution in [3.63, 3.8) is 0 Å². The number of aliphatic hydroxyl groups is 1. The van der Waals surface area contributed by atoms with Gasteiger partial charge in [-0.15, -0.1) is 0 Å². The lowest BCUT2D eigenvalue weighted by Gasteiger charge is -2.32. The predicted octanol–water partition coefficient (Wildman–Crippen LogP) is 1.13. The van der Waals surface area contributed by atoms with Crippen LogP contribution in [-0.2, 0) is 4.79 Å². The maximum absolute atomic E-state index is 11.3. The third-order valence-corrected chi connectivity index (χ3v) is 3.37. The van der Waals surface area contributed by atoms with Crippen LogP contribution >= 0.6 is 0 Å². The molecule has 0 saturated heterocycles. The third kappa shape index (κ3) is 0.924. The summed E-state index contributed by atoms with van der Waals surface area (Å²) in [5.74, 6) is 0.915. The molecule has 11 heavy (non-hydrogen) atoms. The summed E-state index contributed by atoms with van der Waals surface area (Å²) in [6.45, 7) is 1.68. The van der Waals surface area contributed by atoms with Crippen molar-refractivity contribution in [3.05, 3.63) is 0 Å². The molecule has 1 N–H and O–H groups in total. The van der Waals surface area contributed by atoms with Gasteiger partial charge in [-0.25, -0.2) is 0 Å². The van der Waals surface area contributed by atoms with Gasteiger partial charge in [0.2, 0.25) is 0 Å². The first-order valence-electron chi connectivity index (χ1n) is 4.36. The molecule has 0 aromatic carbocycles. The smallest absolute Gasteiger partial charge is 0.164 e. The molecule has 2 rings (SSSR count). The summed E-state index contributed by atoms with van der Waals surface area (Å²) < 4.78 is 0. The quantitative estimate of drug-likeness (QED) is 0.568. The molecular formula is C9H14O2. The lowest BCUT2D eigenvalue weighted by atomic mass is 9.76. The molecule has 0 aliphatic heterocycles. The number of Topliss-reactive ketones (excluding diaryl/α,β-unsaturated/α-hetero) is 1. The first-order chi connectivity index (χ1) is 5.10. The molecule has 0 amide bonds. The van der Waals surface area contributed by atoms with Crippen molar-refractivity contribution in [1.29, 1.82) is 0 Å². The van der Waals surface area contributed by atoms with E-state index >= 15 is 0 Å². The van der Waals surface area contributed by atoms with Gasteiger partial charge in [0, 0.05) is 6.42 Å². The summed E-state index contributed by atoms with van der Waals surface area (Å²) in [5.41, 5.74) is -0.993. The van der Waals surface area contributed by atoms with Crippen molar-refractivity contribution < 1.29 is 9.90 Å². The maximum Gasteiger partial charge on any atom is 0.164 e. The van der Waals surface area contributed by atoms with E-state index in [0.717, 1.165) is 19.3 Å². The number of hydrogen-bond acceptors (Lipinski definition) is 2. The van der Waals surface area contributed by atoms with Crippen LogP contribution in [0, 0.1) is 11.8 Å². The standard InChI is InChI=1S/C9H14O2/c1-9(11)7-3-2-6(4-7)5-8(9)10/h6-7,11H,2-5H2,1H3/t6-,7+,9+/m1/s1. The molecule has 0 unspecified atom stereocenters. The van der Waals surface area contributed by atoms with E-state index in [9.17, 15) is 9.90 Å². The largest absolute Gasteiger partial charge is 0.382 e. The molecule has 2 aliphatic carbocycles. The van der Waals surface area contributed by atoms with Gasteiger partial charge in [-0.2, -0.15) is 0 Å². The van der Waals surface area contributed by atoms with E-state index in [0.29, 0.717) is 12.3 Å². The Morgan fingerprint density at radius 1 is 1.55 bits per heavy atom. The van der Waals surface area contributed by atoms with Crippen molar-refractivity contribution >= 4 is 5.78 Å². The summed E-state index contributed by atoms with van der Waals surface area (Å²) in [7, 11) is 0. The fourth-order valence-corrected chi connectivity index (χ4v) is 2.47. The Morgan fingerprint density at radius 3 is 3.00 bits per heavy atom. The zero-order chi connectivity index (χ0) is 8.06. The number of rotatable bonds is 0. The molecular weight excluding hydrogens is 140 g/mol. The van der Waals surface area contributed by atoms with Crippen molar-refractivity contribution in [1.82, 2.24) is 0 Å². The summed E-state index contributed by atoms with van der Waals surface area (Å²) in [4.78, 5) is 11.3. The number of carbonyl (C=O) groups excluding carboxylic acids is 1. The van der Waals surface area contributed by atoms with E-state index in [2.05, 4.69) is 0 Å². The lowest BCUT2D eigenvalue weighted by Crippen LogP contribution is -2.45. The van der Waals surface area contributed by atoms with Gasteiger partial charge in [-0.3, -0.25) is 4.79 Å². The molecule has 0 aromatic rings. The fraction of sp³-hybridized carbons (Fsp3) is 0.889. The van der Waals surface area contributed by atoms with Crippen LogP contribution in [0.25, 0.3) is 0 Å². The SMILES string of the molecule is C[C@@]1(O)C(=O)C[C@@H]2CC[C@H]1C2. The zero-order valence-electron chi connectivity index (χ0n) is 6.84. The van der Waals surface area contributed by atoms with Crippen LogP contribution in [0.1, 0.15) is 32.6 Å². The van der Waals surface area contributed by atoms with Gasteiger partial charge in [0.1, 0.15) is 5.60 Å². The van der Waals surface area contributed by atoms with Crippen LogP contribution in [0.3, 0.4) is 0 Å². The summed E-state index contributed by atoms with van der Waals surface area (Å²) >= 11 is 0. The second-order valence-electron chi connectivity index (χ2n) is 4.15. The van der Waals surface area contributed by atoms with E-state index in [-0.39, 0.29) is 11.7 Å². The molecule has 0 aromatic heterocycles. The minimum atomic E-state index is -0.993. The van der Waals surface area contributed by atoms with E-state index in [1.165, 1.54) is 0 Å². The monoisotopic (exact) mass is 154 g/mol. The number of carbonyl (C=O) groups is 1. The molecule has 3 atom stereocenters. The molecule has 62 valence electrons. The highest BCUT2D eigenvalue weighted by molar-refractivity contribution is 5.88. The molecule has 2 saturated carbocycles. The first-order valence-corrected chi connectivity index (χ1v) is 4.36. The highest BCUT2D eigenvalue weighted by atomic mass is 16.3. The molecule has 0 spiro atoms. The highest BCUT2D eigenvalue weighted by Gasteiger charge is 2.48. The second kappa shape index (κ2) is 2.07. The minimum absolute atomic E-state index is 0.0660. The molecule has 2 bridgehead atoms. The predicted molar refractivity (Wildman–Crippen MR) is 41.1 cm³/mol. The Hall–Kier alpha value is -0.370. The number of fused-ring (bicyclic) bond motifs is 2. The van der Waals surface area contributed by atoms with Crippen molar-refractivity contribution in [2.24, 2.45) is 11.8 Å². The molecule has 0 radical (unpaired) electrons. The number of hydrogen-bond donors (Lipinski definition) is 1. The van der Waals surface area contributed by atoms with Crippen LogP contribution in [0.2, 0.25) is 0 Å². The fourth-order valence-electron chi connectivity index (χ4n) is 2.47. The summed E-state index contributed by atoms with van der Waals surface area (Å²) in [6.07, 6.45) is 3.87. The normalized spacial score (nSPS) is 49.8. The van der Waals surface area contributed by atoms with Crippen molar-refractivity contribution in [2.45, 2.75) is 38.2 Å². The van der Waals surface area contributed by atoms with E-state index in [4.69, 9.17) is 0 Å². The second-order valence-corrected chi connectivity index (χ2v) is 4.15. The topological polar surface area (TPSA) is 37.3 Å². The van der Waals surface area contributed by atoms with Crippen molar-refractivity contribution in [3.8, 4) is 0 Å². The van der Waals surface area contributed by atoms with Gasteiger partial charge in [-0.05, 0) is 38.0 Å². The van der Waals surface area contributed by atoms with Crippen LogP contribution in [0.4, 0.5) is 0 Å². The van der Waals surface area contributed by atoms with Crippen LogP contribution in [-0.4, -0.2) is 16.5 Å². The maximum atomic E-state index is 11.3. The third-order valence-electron chi connectivity index (χ3n) is 3.37. The Balaban J connectivity index is 2.27. The molecule has 2 nitrogen and oxygen atoms in total. The van der Waals surface area contributed by atoms with Crippen LogP contribution in [0.5, 0.6) is 0 Å². The van der Waals surface area contributed by atoms with Gasteiger partial charge < -0.3 is 5.11 Å². The van der Waals surface area contributed by atoms with Crippen LogP contribution < -0.4 is 0 Å².